The van der Waals surface area contributed by atoms with E-state index >= 15 is 0 Å². The fourth-order valence-corrected chi connectivity index (χ4v) is 0.964. The molecule has 0 saturated heterocycles. The Bertz CT molecular complexity index is 308. The summed E-state index contributed by atoms with van der Waals surface area (Å²) in [6.45, 7) is 3.15. The zero-order valence-electron chi connectivity index (χ0n) is 8.15. The smallest absolute Gasteiger partial charge is 0.286 e. The van der Waals surface area contributed by atoms with Crippen LogP contribution in [0.2, 0.25) is 0 Å². The molecule has 0 atom stereocenters. The van der Waals surface area contributed by atoms with Crippen molar-refractivity contribution in [1.29, 1.82) is 0 Å². The van der Waals surface area contributed by atoms with Crippen LogP contribution in [0.15, 0.2) is 30.3 Å². The van der Waals surface area contributed by atoms with Crippen LogP contribution in [-0.2, 0) is 4.79 Å². The number of ether oxygens (including phenoxy) is 1. The molecule has 4 heteroatoms. The number of amides is 1. The number of carbonyl (C=O) groups excluding carboxylic acids is 1. The summed E-state index contributed by atoms with van der Waals surface area (Å²) < 4.78 is 5.38. The van der Waals surface area contributed by atoms with Crippen molar-refractivity contribution < 1.29 is 14.7 Å². The Morgan fingerprint density at radius 3 is 2.43 bits per heavy atom. The predicted molar refractivity (Wildman–Crippen MR) is 51.1 cm³/mol. The fraction of sp³-hybridized carbons (Fsp3) is 0.300. The van der Waals surface area contributed by atoms with Gasteiger partial charge in [-0.15, -0.1) is 0 Å². The van der Waals surface area contributed by atoms with E-state index in [-0.39, 0.29) is 0 Å². The second-order valence-electron chi connectivity index (χ2n) is 3.37. The van der Waals surface area contributed by atoms with E-state index in [9.17, 15) is 4.79 Å². The molecule has 0 heterocycles. The van der Waals surface area contributed by atoms with Gasteiger partial charge in [-0.1, -0.05) is 18.2 Å². The first-order valence-corrected chi connectivity index (χ1v) is 4.25. The van der Waals surface area contributed by atoms with E-state index < -0.39 is 11.5 Å². The summed E-state index contributed by atoms with van der Waals surface area (Å²) in [6.07, 6.45) is 0. The number of rotatable bonds is 3. The van der Waals surface area contributed by atoms with Crippen LogP contribution in [0.4, 0.5) is 0 Å². The lowest BCUT2D eigenvalue weighted by Gasteiger charge is -2.23. The average molecular weight is 195 g/mol. The summed E-state index contributed by atoms with van der Waals surface area (Å²) in [5.74, 6) is 0.00227. The van der Waals surface area contributed by atoms with Gasteiger partial charge in [-0.25, -0.2) is 5.48 Å². The van der Waals surface area contributed by atoms with Gasteiger partial charge in [0.05, 0.1) is 0 Å². The van der Waals surface area contributed by atoms with E-state index in [1.54, 1.807) is 31.5 Å². The molecule has 0 radical (unpaired) electrons. The summed E-state index contributed by atoms with van der Waals surface area (Å²) in [5, 5.41) is 8.47. The molecular weight excluding hydrogens is 182 g/mol. The van der Waals surface area contributed by atoms with Crippen LogP contribution in [0, 0.1) is 0 Å². The molecule has 76 valence electrons. The van der Waals surface area contributed by atoms with E-state index in [0.29, 0.717) is 5.75 Å². The third-order valence-electron chi connectivity index (χ3n) is 1.76. The van der Waals surface area contributed by atoms with Gasteiger partial charge in [0.1, 0.15) is 5.75 Å². The highest BCUT2D eigenvalue weighted by atomic mass is 16.5. The molecule has 0 aromatic heterocycles. The molecular formula is C10H13NO3. The zero-order valence-corrected chi connectivity index (χ0v) is 8.15. The second-order valence-corrected chi connectivity index (χ2v) is 3.37. The fourth-order valence-electron chi connectivity index (χ4n) is 0.964. The summed E-state index contributed by atoms with van der Waals surface area (Å²) in [6, 6.07) is 8.95. The molecule has 0 aliphatic rings. The van der Waals surface area contributed by atoms with Crippen molar-refractivity contribution in [2.45, 2.75) is 19.4 Å². The van der Waals surface area contributed by atoms with Gasteiger partial charge < -0.3 is 4.74 Å². The third kappa shape index (κ3) is 2.47. The van der Waals surface area contributed by atoms with E-state index in [2.05, 4.69) is 0 Å². The van der Waals surface area contributed by atoms with Crippen LogP contribution in [-0.4, -0.2) is 16.7 Å². The van der Waals surface area contributed by atoms with Gasteiger partial charge in [0.25, 0.3) is 5.91 Å². The number of hydrogen-bond acceptors (Lipinski definition) is 3. The van der Waals surface area contributed by atoms with Crippen LogP contribution in [0.25, 0.3) is 0 Å². The number of benzene rings is 1. The summed E-state index contributed by atoms with van der Waals surface area (Å²) in [4.78, 5) is 11.2. The molecule has 1 aromatic carbocycles. The van der Waals surface area contributed by atoms with Gasteiger partial charge in [0.15, 0.2) is 5.60 Å². The Morgan fingerprint density at radius 1 is 1.36 bits per heavy atom. The first kappa shape index (κ1) is 10.5. The lowest BCUT2D eigenvalue weighted by atomic mass is 10.1. The van der Waals surface area contributed by atoms with Crippen molar-refractivity contribution in [3.63, 3.8) is 0 Å². The lowest BCUT2D eigenvalue weighted by Crippen LogP contribution is -2.45. The SMILES string of the molecule is CC(C)(Oc1ccccc1)C(=O)NO. The quantitative estimate of drug-likeness (QED) is 0.565. The summed E-state index contributed by atoms with van der Waals surface area (Å²) in [7, 11) is 0. The molecule has 1 rings (SSSR count). The van der Waals surface area contributed by atoms with Crippen LogP contribution in [0.1, 0.15) is 13.8 Å². The zero-order chi connectivity index (χ0) is 10.6. The van der Waals surface area contributed by atoms with Crippen LogP contribution in [0.3, 0.4) is 0 Å². The highest BCUT2D eigenvalue weighted by molar-refractivity contribution is 5.83. The molecule has 0 spiro atoms. The summed E-state index contributed by atoms with van der Waals surface area (Å²) >= 11 is 0. The minimum atomic E-state index is -1.09. The molecule has 14 heavy (non-hydrogen) atoms. The number of nitrogens with one attached hydrogen (secondary N) is 1. The van der Waals surface area contributed by atoms with E-state index in [1.165, 1.54) is 0 Å². The summed E-state index contributed by atoms with van der Waals surface area (Å²) in [5.41, 5.74) is 0.474. The number of carbonyl (C=O) groups is 1. The topological polar surface area (TPSA) is 58.6 Å². The molecule has 1 aromatic rings. The molecule has 0 fully saturated rings. The van der Waals surface area contributed by atoms with Crippen molar-refractivity contribution in [2.24, 2.45) is 0 Å². The normalized spacial score (nSPS) is 10.8. The van der Waals surface area contributed by atoms with E-state index in [1.807, 2.05) is 18.2 Å². The van der Waals surface area contributed by atoms with Crippen molar-refractivity contribution in [3.05, 3.63) is 30.3 Å². The average Bonchev–Trinajstić information content (AvgIpc) is 2.17. The number of para-hydroxylation sites is 1. The van der Waals surface area contributed by atoms with E-state index in [4.69, 9.17) is 9.94 Å². The monoisotopic (exact) mass is 195 g/mol. The molecule has 4 nitrogen and oxygen atoms in total. The van der Waals surface area contributed by atoms with Gasteiger partial charge in [-0.05, 0) is 26.0 Å². The lowest BCUT2D eigenvalue weighted by molar-refractivity contribution is -0.143. The third-order valence-corrected chi connectivity index (χ3v) is 1.76. The molecule has 0 bridgehead atoms. The minimum Gasteiger partial charge on any atom is -0.478 e. The van der Waals surface area contributed by atoms with Crippen LogP contribution >= 0.6 is 0 Å². The van der Waals surface area contributed by atoms with E-state index in [0.717, 1.165) is 0 Å². The van der Waals surface area contributed by atoms with Crippen molar-refractivity contribution in [2.75, 3.05) is 0 Å². The maximum Gasteiger partial charge on any atom is 0.286 e. The Morgan fingerprint density at radius 2 is 1.93 bits per heavy atom. The first-order chi connectivity index (χ1) is 6.56. The van der Waals surface area contributed by atoms with Crippen molar-refractivity contribution >= 4 is 5.91 Å². The highest BCUT2D eigenvalue weighted by Crippen LogP contribution is 2.17. The maximum absolute atomic E-state index is 11.2. The highest BCUT2D eigenvalue weighted by Gasteiger charge is 2.29. The van der Waals surface area contributed by atoms with Gasteiger partial charge in [-0.3, -0.25) is 10.0 Å². The van der Waals surface area contributed by atoms with Gasteiger partial charge in [-0.2, -0.15) is 0 Å². The predicted octanol–water partition coefficient (Wildman–Crippen LogP) is 1.35. The largest absolute Gasteiger partial charge is 0.478 e. The first-order valence-electron chi connectivity index (χ1n) is 4.25. The Hall–Kier alpha value is -1.55. The molecule has 0 saturated carbocycles. The second kappa shape index (κ2) is 4.11. The Labute approximate surface area is 82.5 Å². The van der Waals surface area contributed by atoms with Crippen molar-refractivity contribution in [3.8, 4) is 5.75 Å². The molecule has 1 amide bonds. The minimum absolute atomic E-state index is 0.582. The van der Waals surface area contributed by atoms with Gasteiger partial charge in [0, 0.05) is 0 Å². The number of hydroxylamine groups is 1. The molecule has 0 aliphatic heterocycles. The van der Waals surface area contributed by atoms with Gasteiger partial charge in [0.2, 0.25) is 0 Å². The Balaban J connectivity index is 2.73. The molecule has 0 unspecified atom stereocenters. The standard InChI is InChI=1S/C10H13NO3/c1-10(2,9(12)11-13)14-8-6-4-3-5-7-8/h3-7,13H,1-2H3,(H,11,12). The number of hydrogen-bond donors (Lipinski definition) is 2. The Kier molecular flexibility index (Phi) is 3.09. The molecule has 2 N–H and O–H groups in total. The molecule has 0 aliphatic carbocycles. The van der Waals surface area contributed by atoms with Crippen LogP contribution in [0.5, 0.6) is 5.75 Å². The van der Waals surface area contributed by atoms with Crippen LogP contribution < -0.4 is 10.2 Å². The van der Waals surface area contributed by atoms with Gasteiger partial charge >= 0.3 is 0 Å². The maximum atomic E-state index is 11.2. The van der Waals surface area contributed by atoms with Crippen molar-refractivity contribution in [1.82, 2.24) is 5.48 Å².